The van der Waals surface area contributed by atoms with Crippen molar-refractivity contribution < 1.29 is 4.74 Å². The van der Waals surface area contributed by atoms with Gasteiger partial charge in [-0.2, -0.15) is 0 Å². The first-order chi connectivity index (χ1) is 9.19. The Bertz CT molecular complexity index is 379. The zero-order chi connectivity index (χ0) is 14.1. The Morgan fingerprint density at radius 2 is 1.95 bits per heavy atom. The maximum atomic E-state index is 5.99. The van der Waals surface area contributed by atoms with Gasteiger partial charge in [0.25, 0.3) is 0 Å². The number of ether oxygens (including phenoxy) is 1. The molecule has 1 aromatic carbocycles. The van der Waals surface area contributed by atoms with E-state index in [1.807, 2.05) is 0 Å². The summed E-state index contributed by atoms with van der Waals surface area (Å²) >= 11 is 3.57. The lowest BCUT2D eigenvalue weighted by Gasteiger charge is -2.15. The normalized spacial score (nSPS) is 10.7. The average Bonchev–Trinajstić information content (AvgIpc) is 2.37. The van der Waals surface area contributed by atoms with Gasteiger partial charge in [0.15, 0.2) is 0 Å². The predicted octanol–water partition coefficient (Wildman–Crippen LogP) is 4.83. The van der Waals surface area contributed by atoms with Crippen LogP contribution < -0.4 is 10.1 Å². The Morgan fingerprint density at radius 3 is 2.63 bits per heavy atom. The van der Waals surface area contributed by atoms with Gasteiger partial charge in [-0.3, -0.25) is 0 Å². The average molecular weight is 328 g/mol. The smallest absolute Gasteiger partial charge is 0.126 e. The number of hydrogen-bond donors (Lipinski definition) is 1. The molecule has 1 rings (SSSR count). The molecule has 0 aliphatic carbocycles. The summed E-state index contributed by atoms with van der Waals surface area (Å²) in [4.78, 5) is 0. The molecule has 0 unspecified atom stereocenters. The molecule has 1 aromatic rings. The van der Waals surface area contributed by atoms with E-state index in [2.05, 4.69) is 54.2 Å². The first kappa shape index (κ1) is 16.5. The molecular formula is C16H26BrNO. The van der Waals surface area contributed by atoms with Crippen LogP contribution in [0.3, 0.4) is 0 Å². The molecule has 0 fully saturated rings. The molecule has 0 atom stereocenters. The van der Waals surface area contributed by atoms with Crippen molar-refractivity contribution in [3.05, 3.63) is 27.7 Å². The molecule has 2 nitrogen and oxygen atoms in total. The van der Waals surface area contributed by atoms with Gasteiger partial charge in [-0.15, -0.1) is 0 Å². The van der Waals surface area contributed by atoms with E-state index >= 15 is 0 Å². The van der Waals surface area contributed by atoms with Crippen molar-refractivity contribution in [2.24, 2.45) is 0 Å². The van der Waals surface area contributed by atoms with Crippen LogP contribution in [0, 0.1) is 6.92 Å². The van der Waals surface area contributed by atoms with E-state index in [4.69, 9.17) is 4.74 Å². The van der Waals surface area contributed by atoms with Crippen LogP contribution in [0.15, 0.2) is 16.6 Å². The van der Waals surface area contributed by atoms with Gasteiger partial charge in [0.2, 0.25) is 0 Å². The standard InChI is InChI=1S/C16H26BrNO/c1-4-6-7-9-19-16-13(3)10-15(17)11-14(16)12-18-8-5-2/h10-11,18H,4-9,12H2,1-3H3. The van der Waals surface area contributed by atoms with Gasteiger partial charge < -0.3 is 10.1 Å². The number of hydrogen-bond acceptors (Lipinski definition) is 2. The van der Waals surface area contributed by atoms with Gasteiger partial charge in [-0.05, 0) is 44.0 Å². The lowest BCUT2D eigenvalue weighted by atomic mass is 10.1. The largest absolute Gasteiger partial charge is 0.493 e. The van der Waals surface area contributed by atoms with E-state index in [-0.39, 0.29) is 0 Å². The second-order valence-corrected chi connectivity index (χ2v) is 5.86. The maximum Gasteiger partial charge on any atom is 0.126 e. The van der Waals surface area contributed by atoms with E-state index in [0.29, 0.717) is 0 Å². The van der Waals surface area contributed by atoms with Crippen molar-refractivity contribution in [2.45, 2.75) is 53.0 Å². The van der Waals surface area contributed by atoms with Crippen LogP contribution in [0.1, 0.15) is 50.7 Å². The third-order valence-electron chi connectivity index (χ3n) is 3.05. The highest BCUT2D eigenvalue weighted by Gasteiger charge is 2.08. The van der Waals surface area contributed by atoms with Crippen molar-refractivity contribution in [1.82, 2.24) is 5.32 Å². The van der Waals surface area contributed by atoms with Gasteiger partial charge in [-0.1, -0.05) is 42.6 Å². The molecule has 0 amide bonds. The minimum atomic E-state index is 0.817. The van der Waals surface area contributed by atoms with Crippen LogP contribution in [-0.2, 0) is 6.54 Å². The highest BCUT2D eigenvalue weighted by molar-refractivity contribution is 9.10. The van der Waals surface area contributed by atoms with Gasteiger partial charge in [-0.25, -0.2) is 0 Å². The second kappa shape index (κ2) is 9.38. The summed E-state index contributed by atoms with van der Waals surface area (Å²) in [5.74, 6) is 1.06. The zero-order valence-electron chi connectivity index (χ0n) is 12.4. The number of benzene rings is 1. The molecule has 0 saturated heterocycles. The highest BCUT2D eigenvalue weighted by atomic mass is 79.9. The molecule has 0 aromatic heterocycles. The molecule has 108 valence electrons. The highest BCUT2D eigenvalue weighted by Crippen LogP contribution is 2.28. The van der Waals surface area contributed by atoms with Gasteiger partial charge in [0.1, 0.15) is 5.75 Å². The Morgan fingerprint density at radius 1 is 1.16 bits per heavy atom. The fourth-order valence-corrected chi connectivity index (χ4v) is 2.68. The topological polar surface area (TPSA) is 21.3 Å². The first-order valence-electron chi connectivity index (χ1n) is 7.31. The van der Waals surface area contributed by atoms with Crippen LogP contribution in [-0.4, -0.2) is 13.2 Å². The van der Waals surface area contributed by atoms with Crippen molar-refractivity contribution in [2.75, 3.05) is 13.2 Å². The lowest BCUT2D eigenvalue weighted by molar-refractivity contribution is 0.300. The molecule has 0 spiro atoms. The number of nitrogens with one attached hydrogen (secondary N) is 1. The first-order valence-corrected chi connectivity index (χ1v) is 8.10. The minimum Gasteiger partial charge on any atom is -0.493 e. The minimum absolute atomic E-state index is 0.817. The molecule has 1 N–H and O–H groups in total. The molecule has 0 saturated carbocycles. The summed E-state index contributed by atoms with van der Waals surface area (Å²) in [6.45, 7) is 9.24. The van der Waals surface area contributed by atoms with Crippen molar-refractivity contribution in [3.63, 3.8) is 0 Å². The summed E-state index contributed by atoms with van der Waals surface area (Å²) in [5, 5.41) is 3.45. The summed E-state index contributed by atoms with van der Waals surface area (Å²) in [7, 11) is 0. The Labute approximate surface area is 126 Å². The number of unbranched alkanes of at least 4 members (excludes halogenated alkanes) is 2. The number of rotatable bonds is 9. The third-order valence-corrected chi connectivity index (χ3v) is 3.51. The molecule has 0 bridgehead atoms. The summed E-state index contributed by atoms with van der Waals surface area (Å²) in [5.41, 5.74) is 2.45. The maximum absolute atomic E-state index is 5.99. The quantitative estimate of drug-likeness (QED) is 0.656. The molecule has 0 radical (unpaired) electrons. The van der Waals surface area contributed by atoms with E-state index in [9.17, 15) is 0 Å². The van der Waals surface area contributed by atoms with Crippen LogP contribution in [0.4, 0.5) is 0 Å². The SMILES string of the molecule is CCCCCOc1c(C)cc(Br)cc1CNCCC. The number of aryl methyl sites for hydroxylation is 1. The molecule has 3 heteroatoms. The van der Waals surface area contributed by atoms with E-state index < -0.39 is 0 Å². The molecule has 19 heavy (non-hydrogen) atoms. The number of halogens is 1. The van der Waals surface area contributed by atoms with Crippen LogP contribution in [0.2, 0.25) is 0 Å². The lowest BCUT2D eigenvalue weighted by Crippen LogP contribution is -2.15. The van der Waals surface area contributed by atoms with Crippen molar-refractivity contribution in [3.8, 4) is 5.75 Å². The van der Waals surface area contributed by atoms with Crippen molar-refractivity contribution >= 4 is 15.9 Å². The predicted molar refractivity (Wildman–Crippen MR) is 85.9 cm³/mol. The van der Waals surface area contributed by atoms with Gasteiger partial charge in [0, 0.05) is 16.6 Å². The van der Waals surface area contributed by atoms with E-state index in [0.717, 1.165) is 42.8 Å². The van der Waals surface area contributed by atoms with E-state index in [1.165, 1.54) is 24.0 Å². The summed E-state index contributed by atoms with van der Waals surface area (Å²) in [6, 6.07) is 4.28. The summed E-state index contributed by atoms with van der Waals surface area (Å²) in [6.07, 6.45) is 4.75. The zero-order valence-corrected chi connectivity index (χ0v) is 14.0. The molecule has 0 heterocycles. The summed E-state index contributed by atoms with van der Waals surface area (Å²) < 4.78 is 7.12. The Balaban J connectivity index is 2.69. The molecule has 0 aliphatic heterocycles. The Kier molecular flexibility index (Phi) is 8.15. The fourth-order valence-electron chi connectivity index (χ4n) is 2.06. The second-order valence-electron chi connectivity index (χ2n) is 4.94. The molecular weight excluding hydrogens is 302 g/mol. The third kappa shape index (κ3) is 5.96. The van der Waals surface area contributed by atoms with Crippen LogP contribution >= 0.6 is 15.9 Å². The van der Waals surface area contributed by atoms with Gasteiger partial charge >= 0.3 is 0 Å². The Hall–Kier alpha value is -0.540. The fraction of sp³-hybridized carbons (Fsp3) is 0.625. The van der Waals surface area contributed by atoms with Crippen LogP contribution in [0.5, 0.6) is 5.75 Å². The molecule has 0 aliphatic rings. The van der Waals surface area contributed by atoms with Gasteiger partial charge in [0.05, 0.1) is 6.61 Å². The van der Waals surface area contributed by atoms with Crippen molar-refractivity contribution in [1.29, 1.82) is 0 Å². The van der Waals surface area contributed by atoms with E-state index in [1.54, 1.807) is 0 Å². The monoisotopic (exact) mass is 327 g/mol. The van der Waals surface area contributed by atoms with Crippen LogP contribution in [0.25, 0.3) is 0 Å².